The minimum absolute atomic E-state index is 0.151. The number of methoxy groups -OCH3 is 1. The van der Waals surface area contributed by atoms with Crippen molar-refractivity contribution in [1.29, 1.82) is 0 Å². The molecule has 2 nitrogen and oxygen atoms in total. The van der Waals surface area contributed by atoms with Crippen molar-refractivity contribution in [3.05, 3.63) is 59.7 Å². The van der Waals surface area contributed by atoms with Crippen molar-refractivity contribution >= 4 is 5.69 Å². The topological polar surface area (TPSA) is 21.3 Å². The highest BCUT2D eigenvalue weighted by molar-refractivity contribution is 5.45. The standard InChI is InChI=1S/C14H13F2NO/c1-18-12-4-2-3-10(7-12)9-17-14-8-11(15)5-6-13(14)16/h2-8,17H,9H2,1H3. The van der Waals surface area contributed by atoms with Crippen LogP contribution in [0.5, 0.6) is 5.75 Å². The van der Waals surface area contributed by atoms with Gasteiger partial charge in [-0.2, -0.15) is 0 Å². The summed E-state index contributed by atoms with van der Waals surface area (Å²) in [6, 6.07) is 10.7. The minimum atomic E-state index is -0.473. The second-order valence-electron chi connectivity index (χ2n) is 3.83. The van der Waals surface area contributed by atoms with Crippen LogP contribution in [-0.2, 0) is 6.54 Å². The lowest BCUT2D eigenvalue weighted by Crippen LogP contribution is -2.02. The summed E-state index contributed by atoms with van der Waals surface area (Å²) in [5.74, 6) is -0.210. The first-order valence-electron chi connectivity index (χ1n) is 5.51. The lowest BCUT2D eigenvalue weighted by atomic mass is 10.2. The van der Waals surface area contributed by atoms with Crippen LogP contribution in [0.25, 0.3) is 0 Å². The van der Waals surface area contributed by atoms with Crippen molar-refractivity contribution < 1.29 is 13.5 Å². The molecule has 94 valence electrons. The van der Waals surface area contributed by atoms with Crippen molar-refractivity contribution in [2.45, 2.75) is 6.54 Å². The second kappa shape index (κ2) is 5.49. The van der Waals surface area contributed by atoms with Gasteiger partial charge in [-0.1, -0.05) is 12.1 Å². The van der Waals surface area contributed by atoms with Gasteiger partial charge in [-0.05, 0) is 35.9 Å². The van der Waals surface area contributed by atoms with Gasteiger partial charge in [0.2, 0.25) is 0 Å². The zero-order valence-corrected chi connectivity index (χ0v) is 9.91. The first-order chi connectivity index (χ1) is 8.69. The smallest absolute Gasteiger partial charge is 0.146 e. The molecule has 0 saturated heterocycles. The third-order valence-corrected chi connectivity index (χ3v) is 2.55. The molecule has 0 amide bonds. The van der Waals surface area contributed by atoms with Gasteiger partial charge in [-0.25, -0.2) is 8.78 Å². The Kier molecular flexibility index (Phi) is 3.77. The van der Waals surface area contributed by atoms with Crippen molar-refractivity contribution in [2.75, 3.05) is 12.4 Å². The Labute approximate surface area is 104 Å². The molecule has 0 bridgehead atoms. The van der Waals surface area contributed by atoms with Gasteiger partial charge >= 0.3 is 0 Å². The molecule has 0 unspecified atom stereocenters. The highest BCUT2D eigenvalue weighted by Gasteiger charge is 2.03. The SMILES string of the molecule is COc1cccc(CNc2cc(F)ccc2F)c1. The predicted octanol–water partition coefficient (Wildman–Crippen LogP) is 3.59. The van der Waals surface area contributed by atoms with Crippen molar-refractivity contribution in [2.24, 2.45) is 0 Å². The summed E-state index contributed by atoms with van der Waals surface area (Å²) in [6.45, 7) is 0.400. The summed E-state index contributed by atoms with van der Waals surface area (Å²) >= 11 is 0. The Hall–Kier alpha value is -2.10. The number of halogens is 2. The van der Waals surface area contributed by atoms with E-state index < -0.39 is 11.6 Å². The molecule has 0 aliphatic heterocycles. The van der Waals surface area contributed by atoms with Gasteiger partial charge in [0.15, 0.2) is 0 Å². The summed E-state index contributed by atoms with van der Waals surface area (Å²) in [4.78, 5) is 0. The molecule has 0 heterocycles. The lowest BCUT2D eigenvalue weighted by molar-refractivity contribution is 0.414. The molecule has 2 aromatic rings. The highest BCUT2D eigenvalue weighted by Crippen LogP contribution is 2.18. The van der Waals surface area contributed by atoms with E-state index in [0.717, 1.165) is 29.5 Å². The fourth-order valence-corrected chi connectivity index (χ4v) is 1.61. The van der Waals surface area contributed by atoms with Gasteiger partial charge in [0, 0.05) is 6.54 Å². The molecule has 0 fully saturated rings. The number of nitrogens with one attached hydrogen (secondary N) is 1. The fourth-order valence-electron chi connectivity index (χ4n) is 1.61. The Morgan fingerprint density at radius 2 is 1.94 bits per heavy atom. The second-order valence-corrected chi connectivity index (χ2v) is 3.83. The van der Waals surface area contributed by atoms with Gasteiger partial charge in [-0.15, -0.1) is 0 Å². The Morgan fingerprint density at radius 1 is 1.11 bits per heavy atom. The van der Waals surface area contributed by atoms with E-state index in [1.807, 2.05) is 24.3 Å². The van der Waals surface area contributed by atoms with Crippen molar-refractivity contribution in [3.8, 4) is 5.75 Å². The number of benzene rings is 2. The predicted molar refractivity (Wildman–Crippen MR) is 66.7 cm³/mol. The van der Waals surface area contributed by atoms with Crippen LogP contribution in [-0.4, -0.2) is 7.11 Å². The van der Waals surface area contributed by atoms with Crippen molar-refractivity contribution in [3.63, 3.8) is 0 Å². The van der Waals surface area contributed by atoms with Crippen LogP contribution in [0.1, 0.15) is 5.56 Å². The van der Waals surface area contributed by atoms with E-state index in [-0.39, 0.29) is 5.69 Å². The molecule has 18 heavy (non-hydrogen) atoms. The molecule has 0 aliphatic carbocycles. The van der Waals surface area contributed by atoms with Crippen LogP contribution in [0.15, 0.2) is 42.5 Å². The van der Waals surface area contributed by atoms with Crippen molar-refractivity contribution in [1.82, 2.24) is 0 Å². The van der Waals surface area contributed by atoms with E-state index in [9.17, 15) is 8.78 Å². The molecule has 1 N–H and O–H groups in total. The van der Waals surface area contributed by atoms with Crippen LogP contribution in [0.4, 0.5) is 14.5 Å². The summed E-state index contributed by atoms with van der Waals surface area (Å²) in [7, 11) is 1.58. The molecule has 0 radical (unpaired) electrons. The van der Waals surface area contributed by atoms with Gasteiger partial charge in [0.25, 0.3) is 0 Å². The molecule has 0 saturated carbocycles. The molecular formula is C14H13F2NO. The molecule has 0 atom stereocenters. The maximum atomic E-state index is 13.4. The van der Waals surface area contributed by atoms with E-state index in [0.29, 0.717) is 6.54 Å². The first kappa shape index (κ1) is 12.4. The molecule has 0 spiro atoms. The molecule has 2 aromatic carbocycles. The van der Waals surface area contributed by atoms with E-state index in [1.54, 1.807) is 7.11 Å². The third-order valence-electron chi connectivity index (χ3n) is 2.55. The van der Waals surface area contributed by atoms with Crippen LogP contribution in [0.2, 0.25) is 0 Å². The average molecular weight is 249 g/mol. The van der Waals surface area contributed by atoms with E-state index >= 15 is 0 Å². The van der Waals surface area contributed by atoms with Crippen LogP contribution >= 0.6 is 0 Å². The summed E-state index contributed by atoms with van der Waals surface area (Å²) in [5.41, 5.74) is 1.08. The normalized spacial score (nSPS) is 10.2. The third kappa shape index (κ3) is 2.97. The maximum absolute atomic E-state index is 13.4. The van der Waals surface area contributed by atoms with Crippen LogP contribution in [0, 0.1) is 11.6 Å². The monoisotopic (exact) mass is 249 g/mol. The summed E-state index contributed by atoms with van der Waals surface area (Å²) in [5, 5.41) is 2.85. The maximum Gasteiger partial charge on any atom is 0.146 e. The van der Waals surface area contributed by atoms with E-state index in [2.05, 4.69) is 5.32 Å². The van der Waals surface area contributed by atoms with Crippen LogP contribution in [0.3, 0.4) is 0 Å². The molecule has 0 aliphatic rings. The highest BCUT2D eigenvalue weighted by atomic mass is 19.1. The van der Waals surface area contributed by atoms with Gasteiger partial charge in [-0.3, -0.25) is 0 Å². The van der Waals surface area contributed by atoms with E-state index in [4.69, 9.17) is 4.74 Å². The first-order valence-corrected chi connectivity index (χ1v) is 5.51. The lowest BCUT2D eigenvalue weighted by Gasteiger charge is -2.08. The van der Waals surface area contributed by atoms with E-state index in [1.165, 1.54) is 0 Å². The molecular weight excluding hydrogens is 236 g/mol. The molecule has 2 rings (SSSR count). The number of hydrogen-bond donors (Lipinski definition) is 1. The average Bonchev–Trinajstić information content (AvgIpc) is 2.40. The van der Waals surface area contributed by atoms with Gasteiger partial charge < -0.3 is 10.1 Å². The summed E-state index contributed by atoms with van der Waals surface area (Å²) < 4.78 is 31.4. The van der Waals surface area contributed by atoms with Gasteiger partial charge in [0.05, 0.1) is 12.8 Å². The number of rotatable bonds is 4. The Balaban J connectivity index is 2.08. The molecule has 0 aromatic heterocycles. The number of ether oxygens (including phenoxy) is 1. The van der Waals surface area contributed by atoms with Crippen LogP contribution < -0.4 is 10.1 Å². The molecule has 4 heteroatoms. The Morgan fingerprint density at radius 3 is 2.72 bits per heavy atom. The minimum Gasteiger partial charge on any atom is -0.497 e. The zero-order chi connectivity index (χ0) is 13.0. The fraction of sp³-hybridized carbons (Fsp3) is 0.143. The quantitative estimate of drug-likeness (QED) is 0.894. The number of anilines is 1. The zero-order valence-electron chi connectivity index (χ0n) is 9.91. The number of hydrogen-bond acceptors (Lipinski definition) is 2. The Bertz CT molecular complexity index is 543. The van der Waals surface area contributed by atoms with Gasteiger partial charge in [0.1, 0.15) is 17.4 Å². The largest absolute Gasteiger partial charge is 0.497 e. The summed E-state index contributed by atoms with van der Waals surface area (Å²) in [6.07, 6.45) is 0.